The second-order valence-electron chi connectivity index (χ2n) is 27.0. The maximum atomic E-state index is 16.4. The van der Waals surface area contributed by atoms with E-state index in [1.54, 1.807) is 29.2 Å². The van der Waals surface area contributed by atoms with E-state index in [-0.39, 0.29) is 61.5 Å². The maximum Gasteiger partial charge on any atom is 0.234 e. The first-order valence-corrected chi connectivity index (χ1v) is 31.2. The number of epoxide rings is 1. The lowest BCUT2D eigenvalue weighted by Gasteiger charge is -2.76. The lowest BCUT2D eigenvalue weighted by atomic mass is 9.29. The molecule has 6 saturated carbocycles. The predicted molar refractivity (Wildman–Crippen MR) is 285 cm³/mol. The van der Waals surface area contributed by atoms with Crippen molar-refractivity contribution in [3.05, 3.63) is 59.7 Å². The van der Waals surface area contributed by atoms with Crippen molar-refractivity contribution in [2.75, 3.05) is 23.8 Å². The molecule has 0 radical (unpaired) electrons. The third-order valence-electron chi connectivity index (χ3n) is 25.1. The fourth-order valence-electron chi connectivity index (χ4n) is 21.7. The lowest BCUT2D eigenvalue weighted by molar-refractivity contribution is -0.330. The summed E-state index contributed by atoms with van der Waals surface area (Å²) in [6, 6.07) is 5.31. The van der Waals surface area contributed by atoms with E-state index in [0.29, 0.717) is 106 Å². The molecule has 0 aromatic heterocycles. The first-order chi connectivity index (χ1) is 35.7. The SMILES string of the molecule is CC(C)[C@@H](C)[C@@H]1O[C@H]1[C@@]1(O)CC=C[C@@H]2C[C@H]3C4=CC(=O)[C@@]5(C[C@@H](O)[C@]6(O)[C@@H](O)C=C[C@@H]7CCC[C@@]76[C@]35C)[C@@H](O)SSC[C@H]3CCC[C@@H](CO)[C@@]35C(=O)N(C[C@]53CCC[C@@H]3O)c3cc(O)cc(c3)CC[C@]23[C@@H]1CC[C@@]43O. The van der Waals surface area contributed by atoms with Crippen molar-refractivity contribution in [3.8, 4) is 5.75 Å². The highest BCUT2D eigenvalue weighted by molar-refractivity contribution is 8.76. The minimum atomic E-state index is -2.11. The number of nitrogens with zero attached hydrogens (tertiary/aromatic N) is 1. The number of carbonyl (C=O) groups excluding carboxylic acids is 2. The van der Waals surface area contributed by atoms with Gasteiger partial charge in [0.2, 0.25) is 5.91 Å². The van der Waals surface area contributed by atoms with Crippen LogP contribution in [0.3, 0.4) is 0 Å². The molecule has 5 spiro atoms. The molecule has 5 heterocycles. The van der Waals surface area contributed by atoms with Gasteiger partial charge in [0, 0.05) is 52.8 Å². The number of aryl methyl sites for hydroxylation is 1. The van der Waals surface area contributed by atoms with Gasteiger partial charge in [0.1, 0.15) is 34.6 Å². The van der Waals surface area contributed by atoms with Gasteiger partial charge in [-0.3, -0.25) is 9.59 Å². The highest BCUT2D eigenvalue weighted by Gasteiger charge is 2.86. The molecule has 5 aliphatic heterocycles. The van der Waals surface area contributed by atoms with Gasteiger partial charge in [0.25, 0.3) is 0 Å². The number of ether oxygens (including phenoxy) is 1. The van der Waals surface area contributed by atoms with Gasteiger partial charge >= 0.3 is 0 Å². The largest absolute Gasteiger partial charge is 0.508 e. The molecule has 410 valence electrons. The van der Waals surface area contributed by atoms with Gasteiger partial charge in [-0.15, -0.1) is 0 Å². The number of phenols is 1. The summed E-state index contributed by atoms with van der Waals surface area (Å²) < 4.78 is 6.58. The third-order valence-corrected chi connectivity index (χ3v) is 27.7. The highest BCUT2D eigenvalue weighted by Crippen LogP contribution is 2.83. The number of benzene rings is 1. The summed E-state index contributed by atoms with van der Waals surface area (Å²) >= 11 is 0. The number of phenolic OH excluding ortho intramolecular Hbond substituents is 1. The number of amides is 1. The van der Waals surface area contributed by atoms with Gasteiger partial charge in [-0.2, -0.15) is 0 Å². The summed E-state index contributed by atoms with van der Waals surface area (Å²) in [7, 11) is 2.54. The van der Waals surface area contributed by atoms with Crippen molar-refractivity contribution >= 4 is 39.0 Å². The zero-order valence-corrected chi connectivity index (χ0v) is 45.8. The maximum absolute atomic E-state index is 16.4. The summed E-state index contributed by atoms with van der Waals surface area (Å²) in [4.78, 5) is 34.2. The smallest absolute Gasteiger partial charge is 0.234 e. The summed E-state index contributed by atoms with van der Waals surface area (Å²) in [6.07, 6.45) is 11.9. The first-order valence-electron chi connectivity index (χ1n) is 28.9. The number of anilines is 1. The van der Waals surface area contributed by atoms with Crippen molar-refractivity contribution < 1.29 is 60.3 Å². The minimum absolute atomic E-state index is 0.0254. The van der Waals surface area contributed by atoms with Crippen molar-refractivity contribution in [1.82, 2.24) is 0 Å². The van der Waals surface area contributed by atoms with Crippen LogP contribution in [-0.2, 0) is 20.7 Å². The Kier molecular flexibility index (Phi) is 11.9. The second kappa shape index (κ2) is 17.1. The number of aliphatic hydroxyl groups excluding tert-OH is 5. The van der Waals surface area contributed by atoms with Crippen LogP contribution in [0.4, 0.5) is 5.69 Å². The van der Waals surface area contributed by atoms with E-state index >= 15 is 9.59 Å². The molecule has 9 aliphatic carbocycles. The van der Waals surface area contributed by atoms with Gasteiger partial charge in [0.15, 0.2) is 5.78 Å². The average Bonchev–Trinajstić information content (AvgIpc) is 3.95. The number of ketones is 1. The minimum Gasteiger partial charge on any atom is -0.508 e. The molecule has 1 aromatic rings. The Morgan fingerprint density at radius 2 is 1.65 bits per heavy atom. The molecule has 2 saturated heterocycles. The van der Waals surface area contributed by atoms with Crippen LogP contribution < -0.4 is 4.90 Å². The number of allylic oxidation sites excluding steroid dienone is 3. The molecule has 14 aliphatic rings. The van der Waals surface area contributed by atoms with Crippen LogP contribution in [0.1, 0.15) is 130 Å². The Bertz CT molecular complexity index is 2650. The van der Waals surface area contributed by atoms with Crippen LogP contribution >= 0.6 is 21.6 Å². The van der Waals surface area contributed by atoms with Gasteiger partial charge in [-0.05, 0) is 160 Å². The van der Waals surface area contributed by atoms with E-state index < -0.39 is 109 Å². The van der Waals surface area contributed by atoms with E-state index in [4.69, 9.17) is 4.74 Å². The summed E-state index contributed by atoms with van der Waals surface area (Å²) in [5.74, 6) is -2.59. The Morgan fingerprint density at radius 1 is 0.867 bits per heavy atom. The molecule has 22 atom stereocenters. The second-order valence-corrected chi connectivity index (χ2v) is 29.5. The third kappa shape index (κ3) is 6.02. The Morgan fingerprint density at radius 3 is 2.40 bits per heavy atom. The van der Waals surface area contributed by atoms with Crippen LogP contribution in [0.25, 0.3) is 0 Å². The quantitative estimate of drug-likeness (QED) is 0.0886. The number of rotatable bonds is 4. The van der Waals surface area contributed by atoms with E-state index in [1.807, 2.05) is 19.1 Å². The van der Waals surface area contributed by atoms with Crippen LogP contribution in [0.15, 0.2) is 54.2 Å². The van der Waals surface area contributed by atoms with Gasteiger partial charge in [-0.25, -0.2) is 0 Å². The fourth-order valence-corrected chi connectivity index (χ4v) is 24.7. The van der Waals surface area contributed by atoms with E-state index in [0.717, 1.165) is 22.8 Å². The van der Waals surface area contributed by atoms with Crippen LogP contribution in [0.2, 0.25) is 0 Å². The molecule has 75 heavy (non-hydrogen) atoms. The molecule has 13 nitrogen and oxygen atoms in total. The molecule has 1 aromatic carbocycles. The molecule has 1 amide bonds. The van der Waals surface area contributed by atoms with Crippen LogP contribution in [-0.4, -0.2) is 129 Å². The average molecular weight is 1070 g/mol. The van der Waals surface area contributed by atoms with E-state index in [9.17, 15) is 46.0 Å². The molecular weight excluding hydrogens is 991 g/mol. The van der Waals surface area contributed by atoms with Crippen LogP contribution in [0.5, 0.6) is 5.75 Å². The summed E-state index contributed by atoms with van der Waals surface area (Å²) in [6.45, 7) is 8.48. The van der Waals surface area contributed by atoms with E-state index in [1.165, 1.54) is 10.8 Å². The fraction of sp³-hybridized carbons (Fsp3) is 0.767. The molecule has 8 fully saturated rings. The standard InChI is InChI=1S/C60H81NO12S2/c1-32(2)33(3)48-49(73-48)56(70)19-6-12-36-25-41-42-27-46(66)55(28-47(67)60(72)45(65)15-14-35-11-7-20-57(35,60)52(41,55)4)51(69)75-74-30-38-10-5-9-37(29-62)59(38)50(68)61(31-53(59)18-8-13-44(53)64)39-23-34(24-40(63)26-39)16-21-54(36)43(56)17-22-58(42,54)71/h6,12,14-15,23-24,26-27,32-33,35-38,41,43-45,47-49,51,62-65,67,69-72H,5,7-11,13,16-22,25,28-31H2,1-4H3/t33-,35+,36-,37+,38-,41+,43+,44+,45+,47-,48+,49-,51+,52-,53+,54-,55+,56-,57+,58-,59+,60-/m1/s1. The topological polar surface area (TPSA) is 232 Å². The van der Waals surface area contributed by atoms with Gasteiger partial charge in [0.05, 0.1) is 34.7 Å². The van der Waals surface area contributed by atoms with Crippen molar-refractivity contribution in [3.63, 3.8) is 0 Å². The predicted octanol–water partition coefficient (Wildman–Crippen LogP) is 6.54. The van der Waals surface area contributed by atoms with Gasteiger partial charge < -0.3 is 55.6 Å². The summed E-state index contributed by atoms with van der Waals surface area (Å²) in [5, 5.41) is 116. The van der Waals surface area contributed by atoms with Crippen LogP contribution in [0, 0.1) is 79.8 Å². The Balaban J connectivity index is 1.05. The molecule has 9 N–H and O–H groups in total. The number of fused-ring (bicyclic) bond motifs is 1. The van der Waals surface area contributed by atoms with Gasteiger partial charge in [-0.1, -0.05) is 92.8 Å². The number of hydrogen-bond acceptors (Lipinski definition) is 14. The van der Waals surface area contributed by atoms with Crippen molar-refractivity contribution in [1.29, 1.82) is 0 Å². The molecule has 8 bridgehead atoms. The van der Waals surface area contributed by atoms with Crippen molar-refractivity contribution in [2.24, 2.45) is 79.8 Å². The number of aliphatic hydroxyl groups is 8. The van der Waals surface area contributed by atoms with E-state index in [2.05, 4.69) is 32.9 Å². The zero-order valence-electron chi connectivity index (χ0n) is 44.2. The lowest BCUT2D eigenvalue weighted by Crippen LogP contribution is -2.82. The molecular formula is C60H81NO12S2. The molecule has 0 unspecified atom stereocenters. The number of hydrogen-bond donors (Lipinski definition) is 9. The normalized spacial score (nSPS) is 52.9. The molecule has 15 rings (SSSR count). The van der Waals surface area contributed by atoms with Crippen molar-refractivity contribution in [2.45, 2.75) is 183 Å². The first kappa shape index (κ1) is 52.1. The summed E-state index contributed by atoms with van der Waals surface area (Å²) in [5.41, 5.74) is -12.5. The highest BCUT2D eigenvalue weighted by atomic mass is 33.1. The number of carbonyl (C=O) groups is 2. The molecule has 15 heteroatoms. The Hall–Kier alpha value is -2.28. The zero-order chi connectivity index (χ0) is 52.8. The monoisotopic (exact) mass is 1070 g/mol. The number of aromatic hydroxyl groups is 1. The Labute approximate surface area is 449 Å².